The molecule has 0 aliphatic carbocycles. The zero-order valence-electron chi connectivity index (χ0n) is 19.1. The Labute approximate surface area is 210 Å². The summed E-state index contributed by atoms with van der Waals surface area (Å²) in [6, 6.07) is 22.3. The molecule has 0 unspecified atom stereocenters. The van der Waals surface area contributed by atoms with Crippen LogP contribution in [0.2, 0.25) is 0 Å². The maximum Gasteiger partial charge on any atom is 0.270 e. The van der Waals surface area contributed by atoms with E-state index in [1.807, 2.05) is 6.07 Å². The number of rotatable bonds is 9. The molecule has 0 aliphatic rings. The number of ether oxygens (including phenoxy) is 2. The van der Waals surface area contributed by atoms with Crippen molar-refractivity contribution in [1.82, 2.24) is 4.98 Å². The number of carbonyl (C=O) groups excluding carboxylic acids is 1. The molecule has 0 amide bonds. The number of non-ortho nitro benzene ring substituents is 1. The minimum absolute atomic E-state index is 0.0297. The summed E-state index contributed by atoms with van der Waals surface area (Å²) in [6.07, 6.45) is 1.66. The van der Waals surface area contributed by atoms with E-state index in [9.17, 15) is 20.2 Å². The summed E-state index contributed by atoms with van der Waals surface area (Å²) in [5, 5.41) is 23.0. The number of nitro benzene ring substituents is 1. The number of thiazole rings is 1. The van der Waals surface area contributed by atoms with Gasteiger partial charge in [0.15, 0.2) is 23.9 Å². The highest BCUT2D eigenvalue weighted by atomic mass is 32.1. The predicted octanol–water partition coefficient (Wildman–Crippen LogP) is 6.05. The monoisotopic (exact) mass is 497 g/mol. The van der Waals surface area contributed by atoms with Crippen molar-refractivity contribution in [3.05, 3.63) is 104 Å². The number of nitrogens with zero attached hydrogens (tertiary/aromatic N) is 3. The van der Waals surface area contributed by atoms with Crippen LogP contribution < -0.4 is 9.47 Å². The topological polar surface area (TPSA) is 115 Å². The lowest BCUT2D eigenvalue weighted by molar-refractivity contribution is -0.384. The van der Waals surface area contributed by atoms with Crippen LogP contribution in [0, 0.1) is 21.4 Å². The van der Waals surface area contributed by atoms with Crippen molar-refractivity contribution in [2.24, 2.45) is 0 Å². The molecule has 0 saturated carbocycles. The van der Waals surface area contributed by atoms with Gasteiger partial charge in [-0.15, -0.1) is 11.3 Å². The van der Waals surface area contributed by atoms with Crippen LogP contribution >= 0.6 is 11.3 Å². The predicted molar refractivity (Wildman–Crippen MR) is 137 cm³/mol. The average Bonchev–Trinajstić information content (AvgIpc) is 3.41. The van der Waals surface area contributed by atoms with Crippen LogP contribution in [0.1, 0.15) is 20.9 Å². The van der Waals surface area contributed by atoms with Crippen molar-refractivity contribution in [2.45, 2.75) is 0 Å². The van der Waals surface area contributed by atoms with Gasteiger partial charge >= 0.3 is 0 Å². The first-order chi connectivity index (χ1) is 17.5. The summed E-state index contributed by atoms with van der Waals surface area (Å²) in [6.45, 7) is -0.140. The lowest BCUT2D eigenvalue weighted by atomic mass is 10.1. The van der Waals surface area contributed by atoms with E-state index in [2.05, 4.69) is 11.1 Å². The molecule has 0 N–H and O–H groups in total. The van der Waals surface area contributed by atoms with Crippen LogP contribution in [-0.2, 0) is 0 Å². The largest absolute Gasteiger partial charge is 0.493 e. The lowest BCUT2D eigenvalue weighted by Crippen LogP contribution is -2.11. The molecule has 0 atom stereocenters. The van der Waals surface area contributed by atoms with Gasteiger partial charge in [-0.1, -0.05) is 48.5 Å². The number of carbonyl (C=O) groups is 1. The molecule has 0 bridgehead atoms. The third-order valence-electron chi connectivity index (χ3n) is 5.16. The smallest absolute Gasteiger partial charge is 0.270 e. The van der Waals surface area contributed by atoms with Gasteiger partial charge in [-0.05, 0) is 23.8 Å². The molecule has 36 heavy (non-hydrogen) atoms. The van der Waals surface area contributed by atoms with Crippen molar-refractivity contribution < 1.29 is 19.2 Å². The van der Waals surface area contributed by atoms with E-state index in [4.69, 9.17) is 9.47 Å². The van der Waals surface area contributed by atoms with E-state index >= 15 is 0 Å². The number of Topliss-reactive ketones (excluding diaryl/α,β-unsaturated/α-hetero) is 1. The number of ketones is 1. The Morgan fingerprint density at radius 1 is 1.11 bits per heavy atom. The van der Waals surface area contributed by atoms with E-state index < -0.39 is 4.92 Å². The van der Waals surface area contributed by atoms with Crippen LogP contribution in [-0.4, -0.2) is 29.4 Å². The molecule has 9 heteroatoms. The highest BCUT2D eigenvalue weighted by Gasteiger charge is 2.14. The summed E-state index contributed by atoms with van der Waals surface area (Å²) in [5.41, 5.74) is 2.67. The number of aromatic nitrogens is 1. The van der Waals surface area contributed by atoms with Crippen molar-refractivity contribution in [3.8, 4) is 28.8 Å². The van der Waals surface area contributed by atoms with Crippen molar-refractivity contribution in [2.75, 3.05) is 13.7 Å². The molecule has 8 nitrogen and oxygen atoms in total. The van der Waals surface area contributed by atoms with Crippen LogP contribution in [0.5, 0.6) is 11.5 Å². The fraction of sp³-hybridized carbons (Fsp3) is 0.0741. The molecule has 3 aromatic carbocycles. The van der Waals surface area contributed by atoms with E-state index in [-0.39, 0.29) is 18.1 Å². The van der Waals surface area contributed by atoms with Crippen molar-refractivity contribution in [3.63, 3.8) is 0 Å². The normalized spacial score (nSPS) is 10.9. The molecule has 178 valence electrons. The number of methoxy groups -OCH3 is 1. The lowest BCUT2D eigenvalue weighted by Gasteiger charge is -2.11. The molecular formula is C27H19N3O5S. The Balaban J connectivity index is 1.53. The summed E-state index contributed by atoms with van der Waals surface area (Å²) in [7, 11) is 1.49. The Hall–Kier alpha value is -4.81. The number of benzene rings is 3. The third-order valence-corrected chi connectivity index (χ3v) is 6.04. The minimum Gasteiger partial charge on any atom is -0.493 e. The quantitative estimate of drug-likeness (QED) is 0.120. The van der Waals surface area contributed by atoms with E-state index in [1.165, 1.54) is 30.6 Å². The molecular weight excluding hydrogens is 478 g/mol. The highest BCUT2D eigenvalue weighted by Crippen LogP contribution is 2.32. The standard InChI is InChI=1S/C27H19N3O5S/c1-34-26-13-18(10-11-25(26)35-16-24(31)19-6-3-2-4-7-19)12-21(15-28)27-29-23(17-36-27)20-8-5-9-22(14-20)30(32)33/h2-14,17H,16H2,1H3/b21-12+. The van der Waals surface area contributed by atoms with Gasteiger partial charge in [-0.25, -0.2) is 4.98 Å². The molecule has 0 fully saturated rings. The zero-order chi connectivity index (χ0) is 25.5. The SMILES string of the molecule is COc1cc(/C=C(\C#N)c2nc(-c3cccc([N+](=O)[O-])c3)cs2)ccc1OCC(=O)c1ccccc1. The molecule has 0 spiro atoms. The Morgan fingerprint density at radius 2 is 1.92 bits per heavy atom. The second kappa shape index (κ2) is 11.1. The number of hydrogen-bond acceptors (Lipinski definition) is 8. The molecule has 1 aromatic heterocycles. The molecule has 1 heterocycles. The maximum absolute atomic E-state index is 12.3. The van der Waals surface area contributed by atoms with Gasteiger partial charge in [0.1, 0.15) is 11.1 Å². The summed E-state index contributed by atoms with van der Waals surface area (Å²) >= 11 is 1.27. The third kappa shape index (κ3) is 5.63. The first kappa shape index (κ1) is 24.3. The summed E-state index contributed by atoms with van der Waals surface area (Å²) < 4.78 is 11.1. The number of nitro groups is 1. The Kier molecular flexibility index (Phi) is 7.48. The first-order valence-electron chi connectivity index (χ1n) is 10.7. The van der Waals surface area contributed by atoms with Crippen LogP contribution in [0.25, 0.3) is 22.9 Å². The van der Waals surface area contributed by atoms with Gasteiger partial charge in [-0.3, -0.25) is 14.9 Å². The van der Waals surface area contributed by atoms with Crippen LogP contribution in [0.15, 0.2) is 78.2 Å². The van der Waals surface area contributed by atoms with Gasteiger partial charge in [0, 0.05) is 28.6 Å². The summed E-state index contributed by atoms with van der Waals surface area (Å²) in [4.78, 5) is 27.4. The molecule has 4 rings (SSSR count). The van der Waals surface area contributed by atoms with Crippen molar-refractivity contribution in [1.29, 1.82) is 5.26 Å². The van der Waals surface area contributed by atoms with E-state index in [1.54, 1.807) is 66.1 Å². The molecule has 0 radical (unpaired) electrons. The van der Waals surface area contributed by atoms with Crippen LogP contribution in [0.4, 0.5) is 5.69 Å². The molecule has 0 aliphatic heterocycles. The van der Waals surface area contributed by atoms with E-state index in [0.717, 1.165) is 0 Å². The minimum atomic E-state index is -0.463. The molecule has 0 saturated heterocycles. The second-order valence-electron chi connectivity index (χ2n) is 7.50. The van der Waals surface area contributed by atoms with Gasteiger partial charge in [-0.2, -0.15) is 5.26 Å². The fourth-order valence-corrected chi connectivity index (χ4v) is 4.16. The van der Waals surface area contributed by atoms with Gasteiger partial charge < -0.3 is 9.47 Å². The van der Waals surface area contributed by atoms with Crippen LogP contribution in [0.3, 0.4) is 0 Å². The maximum atomic E-state index is 12.3. The van der Waals surface area contributed by atoms with E-state index in [0.29, 0.717) is 44.5 Å². The fourth-order valence-electron chi connectivity index (χ4n) is 3.36. The molecule has 4 aromatic rings. The highest BCUT2D eigenvalue weighted by molar-refractivity contribution is 7.11. The average molecular weight is 498 g/mol. The van der Waals surface area contributed by atoms with Gasteiger partial charge in [0.25, 0.3) is 5.69 Å². The second-order valence-corrected chi connectivity index (χ2v) is 8.36. The Morgan fingerprint density at radius 3 is 2.64 bits per heavy atom. The van der Waals surface area contributed by atoms with Gasteiger partial charge in [0.2, 0.25) is 0 Å². The first-order valence-corrected chi connectivity index (χ1v) is 11.6. The number of nitriles is 1. The van der Waals surface area contributed by atoms with Gasteiger partial charge in [0.05, 0.1) is 23.3 Å². The number of allylic oxidation sites excluding steroid dienone is 1. The summed E-state index contributed by atoms with van der Waals surface area (Å²) in [5.74, 6) is 0.662. The number of hydrogen-bond donors (Lipinski definition) is 0. The van der Waals surface area contributed by atoms with Crippen molar-refractivity contribution >= 4 is 34.5 Å². The Bertz CT molecular complexity index is 1490. The zero-order valence-corrected chi connectivity index (χ0v) is 19.9.